The number of hydrogen-bond donors (Lipinski definition) is 2. The lowest BCUT2D eigenvalue weighted by atomic mass is 10.3. The molecule has 2 N–H and O–H groups in total. The van der Waals surface area contributed by atoms with Crippen LogP contribution in [0.15, 0.2) is 30.3 Å². The van der Waals surface area contributed by atoms with Gasteiger partial charge in [-0.1, -0.05) is 18.5 Å². The summed E-state index contributed by atoms with van der Waals surface area (Å²) in [5, 5.41) is 6.97. The predicted molar refractivity (Wildman–Crippen MR) is 75.7 cm³/mol. The van der Waals surface area contributed by atoms with E-state index in [1.807, 2.05) is 44.3 Å². The normalized spacial score (nSPS) is 10.2. The van der Waals surface area contributed by atoms with Crippen molar-refractivity contribution in [3.05, 3.63) is 41.2 Å². The molecular formula is C13H15ClN4. The number of nitrogens with zero attached hydrogens (tertiary/aromatic N) is 2. The van der Waals surface area contributed by atoms with E-state index in [0.29, 0.717) is 5.02 Å². The number of anilines is 3. The van der Waals surface area contributed by atoms with Crippen molar-refractivity contribution in [2.75, 3.05) is 17.7 Å². The highest BCUT2D eigenvalue weighted by Crippen LogP contribution is 2.19. The molecule has 5 heteroatoms. The Bertz CT molecular complexity index is 503. The minimum absolute atomic E-state index is 0.716. The van der Waals surface area contributed by atoms with Crippen LogP contribution in [-0.2, 0) is 6.42 Å². The van der Waals surface area contributed by atoms with Gasteiger partial charge in [-0.05, 0) is 24.3 Å². The SMILES string of the molecule is CCc1nc(NC)cc(Nc2ccc(Cl)cc2)n1. The van der Waals surface area contributed by atoms with Gasteiger partial charge in [-0.2, -0.15) is 0 Å². The minimum Gasteiger partial charge on any atom is -0.373 e. The van der Waals surface area contributed by atoms with Crippen LogP contribution < -0.4 is 10.6 Å². The molecule has 0 saturated carbocycles. The van der Waals surface area contributed by atoms with E-state index in [1.54, 1.807) is 0 Å². The van der Waals surface area contributed by atoms with E-state index in [1.165, 1.54) is 0 Å². The number of aromatic nitrogens is 2. The molecule has 0 amide bonds. The van der Waals surface area contributed by atoms with Gasteiger partial charge in [0.25, 0.3) is 0 Å². The molecule has 0 aliphatic rings. The number of nitrogens with one attached hydrogen (secondary N) is 2. The molecule has 0 saturated heterocycles. The Labute approximate surface area is 111 Å². The van der Waals surface area contributed by atoms with E-state index in [9.17, 15) is 0 Å². The fourth-order valence-electron chi connectivity index (χ4n) is 1.53. The van der Waals surface area contributed by atoms with Crippen molar-refractivity contribution < 1.29 is 0 Å². The molecule has 0 radical (unpaired) electrons. The van der Waals surface area contributed by atoms with Crippen molar-refractivity contribution in [1.82, 2.24) is 9.97 Å². The van der Waals surface area contributed by atoms with Crippen molar-refractivity contribution >= 4 is 28.9 Å². The molecule has 4 nitrogen and oxygen atoms in total. The minimum atomic E-state index is 0.716. The molecule has 1 aromatic heterocycles. The third-order valence-electron chi connectivity index (χ3n) is 2.46. The Balaban J connectivity index is 2.25. The average molecular weight is 263 g/mol. The molecule has 0 spiro atoms. The Morgan fingerprint density at radius 3 is 2.39 bits per heavy atom. The molecule has 2 rings (SSSR count). The molecule has 1 aromatic carbocycles. The number of aryl methyl sites for hydroxylation is 1. The summed E-state index contributed by atoms with van der Waals surface area (Å²) in [5.41, 5.74) is 0.946. The van der Waals surface area contributed by atoms with Gasteiger partial charge < -0.3 is 10.6 Å². The lowest BCUT2D eigenvalue weighted by molar-refractivity contribution is 0.945. The lowest BCUT2D eigenvalue weighted by Crippen LogP contribution is -2.03. The van der Waals surface area contributed by atoms with Gasteiger partial charge in [0.05, 0.1) is 0 Å². The third kappa shape index (κ3) is 3.11. The molecular weight excluding hydrogens is 248 g/mol. The number of benzene rings is 1. The second kappa shape index (κ2) is 5.69. The molecule has 0 unspecified atom stereocenters. The molecule has 0 fully saturated rings. The first-order valence-electron chi connectivity index (χ1n) is 5.79. The van der Waals surface area contributed by atoms with Crippen LogP contribution >= 0.6 is 11.6 Å². The van der Waals surface area contributed by atoms with Crippen molar-refractivity contribution in [1.29, 1.82) is 0 Å². The van der Waals surface area contributed by atoms with Crippen LogP contribution in [0, 0.1) is 0 Å². The maximum atomic E-state index is 5.85. The smallest absolute Gasteiger partial charge is 0.136 e. The molecule has 18 heavy (non-hydrogen) atoms. The van der Waals surface area contributed by atoms with E-state index in [0.717, 1.165) is 29.6 Å². The highest BCUT2D eigenvalue weighted by Gasteiger charge is 2.02. The number of hydrogen-bond acceptors (Lipinski definition) is 4. The fraction of sp³-hybridized carbons (Fsp3) is 0.231. The maximum absolute atomic E-state index is 5.85. The van der Waals surface area contributed by atoms with Gasteiger partial charge in [0.1, 0.15) is 17.5 Å². The Hall–Kier alpha value is -1.81. The van der Waals surface area contributed by atoms with Crippen molar-refractivity contribution in [3.63, 3.8) is 0 Å². The standard InChI is InChI=1S/C13H15ClN4/c1-3-11-17-12(15-2)8-13(18-11)16-10-6-4-9(14)5-7-10/h4-8H,3H2,1-2H3,(H2,15,16,17,18). The van der Waals surface area contributed by atoms with Crippen molar-refractivity contribution in [3.8, 4) is 0 Å². The molecule has 0 aliphatic heterocycles. The Morgan fingerprint density at radius 2 is 1.78 bits per heavy atom. The largest absolute Gasteiger partial charge is 0.373 e. The number of halogens is 1. The summed E-state index contributed by atoms with van der Waals surface area (Å²) in [6.45, 7) is 2.03. The van der Waals surface area contributed by atoms with Crippen LogP contribution in [0.4, 0.5) is 17.3 Å². The highest BCUT2D eigenvalue weighted by molar-refractivity contribution is 6.30. The highest BCUT2D eigenvalue weighted by atomic mass is 35.5. The van der Waals surface area contributed by atoms with Gasteiger partial charge in [0.2, 0.25) is 0 Å². The number of rotatable bonds is 4. The summed E-state index contributed by atoms with van der Waals surface area (Å²) < 4.78 is 0. The maximum Gasteiger partial charge on any atom is 0.136 e. The Kier molecular flexibility index (Phi) is 3.99. The summed E-state index contributed by atoms with van der Waals surface area (Å²) >= 11 is 5.85. The van der Waals surface area contributed by atoms with E-state index in [2.05, 4.69) is 20.6 Å². The first-order chi connectivity index (χ1) is 8.71. The molecule has 0 bridgehead atoms. The summed E-state index contributed by atoms with van der Waals surface area (Å²) in [7, 11) is 1.84. The van der Waals surface area contributed by atoms with Crippen LogP contribution in [0.3, 0.4) is 0 Å². The van der Waals surface area contributed by atoms with E-state index >= 15 is 0 Å². The Morgan fingerprint density at radius 1 is 1.11 bits per heavy atom. The van der Waals surface area contributed by atoms with Crippen molar-refractivity contribution in [2.24, 2.45) is 0 Å². The fourth-order valence-corrected chi connectivity index (χ4v) is 1.65. The van der Waals surface area contributed by atoms with Gasteiger partial charge in [0.15, 0.2) is 0 Å². The first-order valence-corrected chi connectivity index (χ1v) is 6.17. The van der Waals surface area contributed by atoms with Crippen molar-refractivity contribution in [2.45, 2.75) is 13.3 Å². The van der Waals surface area contributed by atoms with E-state index in [-0.39, 0.29) is 0 Å². The lowest BCUT2D eigenvalue weighted by Gasteiger charge is -2.09. The average Bonchev–Trinajstić information content (AvgIpc) is 2.41. The monoisotopic (exact) mass is 262 g/mol. The zero-order valence-electron chi connectivity index (χ0n) is 10.4. The third-order valence-corrected chi connectivity index (χ3v) is 2.71. The summed E-state index contributed by atoms with van der Waals surface area (Å²) in [4.78, 5) is 8.77. The van der Waals surface area contributed by atoms with Crippen LogP contribution in [0.5, 0.6) is 0 Å². The summed E-state index contributed by atoms with van der Waals surface area (Å²) in [6.07, 6.45) is 0.796. The van der Waals surface area contributed by atoms with Crippen LogP contribution in [0.1, 0.15) is 12.7 Å². The van der Waals surface area contributed by atoms with E-state index in [4.69, 9.17) is 11.6 Å². The molecule has 2 aromatic rings. The van der Waals surface area contributed by atoms with Gasteiger partial charge in [-0.25, -0.2) is 9.97 Å². The van der Waals surface area contributed by atoms with Crippen LogP contribution in [0.2, 0.25) is 5.02 Å². The van der Waals surface area contributed by atoms with Gasteiger partial charge >= 0.3 is 0 Å². The van der Waals surface area contributed by atoms with Gasteiger partial charge in [-0.15, -0.1) is 0 Å². The van der Waals surface area contributed by atoms with Gasteiger partial charge in [-0.3, -0.25) is 0 Å². The summed E-state index contributed by atoms with van der Waals surface area (Å²) in [5.74, 6) is 2.38. The molecule has 0 aliphatic carbocycles. The second-order valence-electron chi connectivity index (χ2n) is 3.79. The molecule has 94 valence electrons. The summed E-state index contributed by atoms with van der Waals surface area (Å²) in [6, 6.07) is 9.37. The second-order valence-corrected chi connectivity index (χ2v) is 4.23. The quantitative estimate of drug-likeness (QED) is 0.886. The first kappa shape index (κ1) is 12.6. The van der Waals surface area contributed by atoms with Crippen LogP contribution in [-0.4, -0.2) is 17.0 Å². The zero-order chi connectivity index (χ0) is 13.0. The zero-order valence-corrected chi connectivity index (χ0v) is 11.1. The topological polar surface area (TPSA) is 49.8 Å². The molecule has 0 atom stereocenters. The van der Waals surface area contributed by atoms with E-state index < -0.39 is 0 Å². The molecule has 1 heterocycles. The van der Waals surface area contributed by atoms with Gasteiger partial charge in [0, 0.05) is 30.2 Å². The predicted octanol–water partition coefficient (Wildman–Crippen LogP) is 3.48. The van der Waals surface area contributed by atoms with Crippen LogP contribution in [0.25, 0.3) is 0 Å².